The lowest BCUT2D eigenvalue weighted by molar-refractivity contribution is 0.0509. The van der Waals surface area contributed by atoms with Gasteiger partial charge in [-0.1, -0.05) is 18.2 Å². The second-order valence-electron chi connectivity index (χ2n) is 5.11. The summed E-state index contributed by atoms with van der Waals surface area (Å²) in [5, 5.41) is 10.2. The van der Waals surface area contributed by atoms with Crippen molar-refractivity contribution in [3.8, 4) is 5.75 Å². The van der Waals surface area contributed by atoms with Crippen molar-refractivity contribution in [2.75, 3.05) is 26.7 Å². The van der Waals surface area contributed by atoms with E-state index >= 15 is 0 Å². The van der Waals surface area contributed by atoms with Crippen molar-refractivity contribution in [1.82, 2.24) is 4.90 Å². The number of hydrogen-bond donors (Lipinski definition) is 1. The van der Waals surface area contributed by atoms with E-state index in [0.717, 1.165) is 31.8 Å². The van der Waals surface area contributed by atoms with Crippen LogP contribution in [0.25, 0.3) is 5.57 Å². The standard InChI is InChI=1S/C15H19NO2/c1-18-12-4-2-11(3-5-12)13-6-8-16-9-7-15(17)14(13)10-16/h2-6,14-15,17H,7-10H2,1H3/t14-,15-/m0/s1. The van der Waals surface area contributed by atoms with Crippen molar-refractivity contribution in [3.05, 3.63) is 35.9 Å². The van der Waals surface area contributed by atoms with Crippen LogP contribution in [-0.2, 0) is 0 Å². The van der Waals surface area contributed by atoms with E-state index in [9.17, 15) is 5.11 Å². The first-order valence-electron chi connectivity index (χ1n) is 6.53. The summed E-state index contributed by atoms with van der Waals surface area (Å²) in [5.74, 6) is 1.14. The van der Waals surface area contributed by atoms with Crippen LogP contribution in [0, 0.1) is 5.92 Å². The molecule has 1 aromatic carbocycles. The first kappa shape index (κ1) is 11.8. The molecule has 1 N–H and O–H groups in total. The summed E-state index contributed by atoms with van der Waals surface area (Å²) in [7, 11) is 1.68. The molecule has 18 heavy (non-hydrogen) atoms. The largest absolute Gasteiger partial charge is 0.497 e. The zero-order valence-electron chi connectivity index (χ0n) is 10.7. The van der Waals surface area contributed by atoms with Gasteiger partial charge >= 0.3 is 0 Å². The Balaban J connectivity index is 1.90. The van der Waals surface area contributed by atoms with Crippen molar-refractivity contribution in [1.29, 1.82) is 0 Å². The van der Waals surface area contributed by atoms with Crippen LogP contribution in [0.3, 0.4) is 0 Å². The number of piperidine rings is 1. The van der Waals surface area contributed by atoms with Gasteiger partial charge in [0.25, 0.3) is 0 Å². The minimum absolute atomic E-state index is 0.199. The molecule has 2 aliphatic heterocycles. The van der Waals surface area contributed by atoms with Gasteiger partial charge in [0.05, 0.1) is 13.2 Å². The Bertz CT molecular complexity index is 452. The molecule has 3 heteroatoms. The monoisotopic (exact) mass is 245 g/mol. The number of nitrogens with zero attached hydrogens (tertiary/aromatic N) is 1. The van der Waals surface area contributed by atoms with Crippen LogP contribution in [0.4, 0.5) is 0 Å². The normalized spacial score (nSPS) is 30.8. The fraction of sp³-hybridized carbons (Fsp3) is 0.467. The van der Waals surface area contributed by atoms with Gasteiger partial charge in [0.1, 0.15) is 5.75 Å². The highest BCUT2D eigenvalue weighted by Crippen LogP contribution is 2.34. The highest BCUT2D eigenvalue weighted by Gasteiger charge is 2.33. The van der Waals surface area contributed by atoms with Crippen LogP contribution >= 0.6 is 0 Å². The molecule has 1 unspecified atom stereocenters. The lowest BCUT2D eigenvalue weighted by Crippen LogP contribution is -2.46. The fourth-order valence-corrected chi connectivity index (χ4v) is 2.97. The zero-order chi connectivity index (χ0) is 12.5. The van der Waals surface area contributed by atoms with E-state index in [1.165, 1.54) is 11.1 Å². The van der Waals surface area contributed by atoms with Gasteiger partial charge in [-0.3, -0.25) is 4.90 Å². The van der Waals surface area contributed by atoms with Gasteiger partial charge < -0.3 is 9.84 Å². The van der Waals surface area contributed by atoms with Crippen molar-refractivity contribution < 1.29 is 9.84 Å². The number of rotatable bonds is 2. The molecule has 0 saturated carbocycles. The van der Waals surface area contributed by atoms with Crippen LogP contribution in [-0.4, -0.2) is 42.9 Å². The van der Waals surface area contributed by atoms with Crippen LogP contribution in [0.15, 0.2) is 30.3 Å². The molecule has 1 saturated heterocycles. The van der Waals surface area contributed by atoms with Gasteiger partial charge in [0.2, 0.25) is 0 Å². The maximum atomic E-state index is 10.2. The van der Waals surface area contributed by atoms with E-state index in [1.807, 2.05) is 12.1 Å². The summed E-state index contributed by atoms with van der Waals surface area (Å²) in [4.78, 5) is 2.41. The number of benzene rings is 1. The molecule has 0 aromatic heterocycles. The third kappa shape index (κ3) is 2.04. The first-order chi connectivity index (χ1) is 8.78. The lowest BCUT2D eigenvalue weighted by Gasteiger charge is -2.40. The lowest BCUT2D eigenvalue weighted by atomic mass is 9.81. The molecule has 0 radical (unpaired) electrons. The second kappa shape index (κ2) is 4.75. The average Bonchev–Trinajstić information content (AvgIpc) is 2.44. The van der Waals surface area contributed by atoms with Gasteiger partial charge in [-0.25, -0.2) is 0 Å². The Morgan fingerprint density at radius 1 is 1.28 bits per heavy atom. The average molecular weight is 245 g/mol. The smallest absolute Gasteiger partial charge is 0.118 e. The molecule has 3 rings (SSSR count). The zero-order valence-corrected chi connectivity index (χ0v) is 10.7. The van der Waals surface area contributed by atoms with Crippen molar-refractivity contribution in [3.63, 3.8) is 0 Å². The number of ether oxygens (including phenoxy) is 1. The minimum Gasteiger partial charge on any atom is -0.497 e. The number of hydrogen-bond acceptors (Lipinski definition) is 3. The maximum Gasteiger partial charge on any atom is 0.118 e. The van der Waals surface area contributed by atoms with E-state index in [4.69, 9.17) is 4.74 Å². The summed E-state index contributed by atoms with van der Waals surface area (Å²) in [6, 6.07) is 8.14. The Morgan fingerprint density at radius 2 is 2.06 bits per heavy atom. The topological polar surface area (TPSA) is 32.7 Å². The van der Waals surface area contributed by atoms with Crippen molar-refractivity contribution in [2.45, 2.75) is 12.5 Å². The van der Waals surface area contributed by atoms with Gasteiger partial charge in [-0.15, -0.1) is 0 Å². The summed E-state index contributed by atoms with van der Waals surface area (Å²) in [6.45, 7) is 3.01. The molecule has 0 aliphatic carbocycles. The molecule has 96 valence electrons. The Labute approximate surface area is 108 Å². The Morgan fingerprint density at radius 3 is 2.78 bits per heavy atom. The Kier molecular flexibility index (Phi) is 3.10. The van der Waals surface area contributed by atoms with E-state index in [1.54, 1.807) is 7.11 Å². The number of fused-ring (bicyclic) bond motifs is 2. The SMILES string of the molecule is COc1ccc(C2=CCN3CC[C@H](O)[C@H]2C3)cc1. The van der Waals surface area contributed by atoms with E-state index in [2.05, 4.69) is 23.1 Å². The number of methoxy groups -OCH3 is 1. The molecule has 0 amide bonds. The van der Waals surface area contributed by atoms with Gasteiger partial charge in [0, 0.05) is 25.6 Å². The minimum atomic E-state index is -0.199. The van der Waals surface area contributed by atoms with Crippen LogP contribution < -0.4 is 4.74 Å². The van der Waals surface area contributed by atoms with Gasteiger partial charge in [0.15, 0.2) is 0 Å². The summed E-state index contributed by atoms with van der Waals surface area (Å²) in [6.07, 6.45) is 2.95. The summed E-state index contributed by atoms with van der Waals surface area (Å²) in [5.41, 5.74) is 2.50. The predicted octanol–water partition coefficient (Wildman–Crippen LogP) is 1.77. The molecular weight excluding hydrogens is 226 g/mol. The molecule has 1 fully saturated rings. The van der Waals surface area contributed by atoms with Gasteiger partial charge in [-0.2, -0.15) is 0 Å². The number of aliphatic hydroxyl groups excluding tert-OH is 1. The molecule has 2 heterocycles. The summed E-state index contributed by atoms with van der Waals surface area (Å²) < 4.78 is 5.18. The molecule has 0 spiro atoms. The molecule has 3 atom stereocenters. The van der Waals surface area contributed by atoms with E-state index in [0.29, 0.717) is 0 Å². The van der Waals surface area contributed by atoms with E-state index < -0.39 is 0 Å². The molecule has 2 bridgehead atoms. The number of aliphatic hydroxyl groups is 1. The summed E-state index contributed by atoms with van der Waals surface area (Å²) >= 11 is 0. The quantitative estimate of drug-likeness (QED) is 0.862. The molecular formula is C15H19NO2. The van der Waals surface area contributed by atoms with Crippen LogP contribution in [0.2, 0.25) is 0 Å². The van der Waals surface area contributed by atoms with Crippen LogP contribution in [0.1, 0.15) is 12.0 Å². The molecule has 3 nitrogen and oxygen atoms in total. The van der Waals surface area contributed by atoms with Crippen molar-refractivity contribution >= 4 is 5.57 Å². The highest BCUT2D eigenvalue weighted by atomic mass is 16.5. The van der Waals surface area contributed by atoms with Crippen LogP contribution in [0.5, 0.6) is 5.75 Å². The maximum absolute atomic E-state index is 10.2. The Hall–Kier alpha value is -1.32. The molecule has 1 aromatic rings. The second-order valence-corrected chi connectivity index (χ2v) is 5.11. The van der Waals surface area contributed by atoms with Crippen molar-refractivity contribution in [2.24, 2.45) is 5.92 Å². The van der Waals surface area contributed by atoms with Gasteiger partial charge in [-0.05, 0) is 29.7 Å². The van der Waals surface area contributed by atoms with E-state index in [-0.39, 0.29) is 12.0 Å². The third-order valence-corrected chi connectivity index (χ3v) is 4.05. The first-order valence-corrected chi connectivity index (χ1v) is 6.53. The third-order valence-electron chi connectivity index (χ3n) is 4.05. The highest BCUT2D eigenvalue weighted by molar-refractivity contribution is 5.69. The predicted molar refractivity (Wildman–Crippen MR) is 71.5 cm³/mol. The molecule has 2 aliphatic rings. The fourth-order valence-electron chi connectivity index (χ4n) is 2.97.